The van der Waals surface area contributed by atoms with E-state index in [0.29, 0.717) is 17.7 Å². The summed E-state index contributed by atoms with van der Waals surface area (Å²) >= 11 is 0. The smallest absolute Gasteiger partial charge is 0.226 e. The van der Waals surface area contributed by atoms with Crippen molar-refractivity contribution < 1.29 is 4.79 Å². The van der Waals surface area contributed by atoms with Crippen LogP contribution in [0.25, 0.3) is 0 Å². The maximum absolute atomic E-state index is 12.8. The summed E-state index contributed by atoms with van der Waals surface area (Å²) in [7, 11) is 4.10. The van der Waals surface area contributed by atoms with Crippen LogP contribution in [0.1, 0.15) is 40.0 Å². The molecular weight excluding hydrogens is 250 g/mol. The first-order valence-electron chi connectivity index (χ1n) is 8.05. The van der Waals surface area contributed by atoms with Crippen LogP contribution in [0, 0.1) is 17.8 Å². The Morgan fingerprint density at radius 1 is 1.10 bits per heavy atom. The van der Waals surface area contributed by atoms with E-state index in [1.54, 1.807) is 0 Å². The van der Waals surface area contributed by atoms with Gasteiger partial charge in [0.15, 0.2) is 0 Å². The molecule has 1 fully saturated rings. The van der Waals surface area contributed by atoms with Crippen LogP contribution in [-0.4, -0.2) is 55.5 Å². The van der Waals surface area contributed by atoms with Gasteiger partial charge in [-0.15, -0.1) is 0 Å². The summed E-state index contributed by atoms with van der Waals surface area (Å²) in [6.45, 7) is 9.16. The maximum Gasteiger partial charge on any atom is 0.226 e. The van der Waals surface area contributed by atoms with Crippen molar-refractivity contribution in [2.75, 3.05) is 33.7 Å². The molecule has 1 saturated carbocycles. The van der Waals surface area contributed by atoms with Crippen molar-refractivity contribution in [1.29, 1.82) is 0 Å². The lowest BCUT2D eigenvalue weighted by Crippen LogP contribution is -2.48. The highest BCUT2D eigenvalue weighted by molar-refractivity contribution is 5.79. The first kappa shape index (κ1) is 17.4. The summed E-state index contributed by atoms with van der Waals surface area (Å²) < 4.78 is 0. The van der Waals surface area contributed by atoms with E-state index >= 15 is 0 Å². The topological polar surface area (TPSA) is 49.6 Å². The van der Waals surface area contributed by atoms with Crippen molar-refractivity contribution in [3.8, 4) is 0 Å². The Hall–Kier alpha value is -0.610. The highest BCUT2D eigenvalue weighted by Crippen LogP contribution is 2.34. The van der Waals surface area contributed by atoms with Gasteiger partial charge in [-0.25, -0.2) is 0 Å². The van der Waals surface area contributed by atoms with E-state index in [0.717, 1.165) is 38.9 Å². The van der Waals surface area contributed by atoms with Crippen molar-refractivity contribution in [1.82, 2.24) is 9.80 Å². The van der Waals surface area contributed by atoms with Crippen LogP contribution in [-0.2, 0) is 4.79 Å². The van der Waals surface area contributed by atoms with Gasteiger partial charge in [-0.1, -0.05) is 20.8 Å². The molecule has 4 nitrogen and oxygen atoms in total. The highest BCUT2D eigenvalue weighted by Gasteiger charge is 2.36. The van der Waals surface area contributed by atoms with Crippen LogP contribution in [0.2, 0.25) is 0 Å². The second-order valence-electron chi connectivity index (χ2n) is 6.82. The van der Waals surface area contributed by atoms with Crippen LogP contribution in [0.15, 0.2) is 0 Å². The Bertz CT molecular complexity index is 306. The predicted octanol–water partition coefficient (Wildman–Crippen LogP) is 1.80. The van der Waals surface area contributed by atoms with Gasteiger partial charge in [-0.3, -0.25) is 4.79 Å². The molecule has 4 heteroatoms. The quantitative estimate of drug-likeness (QED) is 0.808. The van der Waals surface area contributed by atoms with Gasteiger partial charge in [0.25, 0.3) is 0 Å². The summed E-state index contributed by atoms with van der Waals surface area (Å²) in [6.07, 6.45) is 2.94. The third-order valence-electron chi connectivity index (χ3n) is 4.63. The van der Waals surface area contributed by atoms with Crippen LogP contribution >= 0.6 is 0 Å². The first-order valence-corrected chi connectivity index (χ1v) is 8.05. The molecule has 1 aliphatic rings. The molecule has 0 radical (unpaired) electrons. The van der Waals surface area contributed by atoms with Crippen LogP contribution in [0.5, 0.6) is 0 Å². The minimum Gasteiger partial charge on any atom is -0.341 e. The average Bonchev–Trinajstić information content (AvgIpc) is 2.37. The Labute approximate surface area is 124 Å². The number of carbonyl (C=O) groups is 1. The molecule has 1 rings (SSSR count). The zero-order valence-electron chi connectivity index (χ0n) is 13.9. The van der Waals surface area contributed by atoms with Crippen molar-refractivity contribution in [3.63, 3.8) is 0 Å². The van der Waals surface area contributed by atoms with E-state index in [-0.39, 0.29) is 12.0 Å². The molecule has 0 aromatic carbocycles. The Balaban J connectivity index is 2.67. The van der Waals surface area contributed by atoms with Crippen LogP contribution in [0.4, 0.5) is 0 Å². The van der Waals surface area contributed by atoms with E-state index in [1.807, 2.05) is 4.90 Å². The number of rotatable bonds is 6. The third kappa shape index (κ3) is 4.74. The fourth-order valence-corrected chi connectivity index (χ4v) is 3.18. The molecule has 0 aromatic rings. The maximum atomic E-state index is 12.8. The molecule has 1 amide bonds. The lowest BCUT2D eigenvalue weighted by molar-refractivity contribution is -0.139. The number of likely N-dealkylation sites (N-methyl/N-ethyl adjacent to an activating group) is 1. The van der Waals surface area contributed by atoms with Crippen LogP contribution < -0.4 is 5.73 Å². The molecule has 0 spiro atoms. The highest BCUT2D eigenvalue weighted by atomic mass is 16.2. The monoisotopic (exact) mass is 283 g/mol. The molecule has 4 atom stereocenters. The minimum absolute atomic E-state index is 0.120. The fraction of sp³-hybridized carbons (Fsp3) is 0.938. The standard InChI is InChI=1S/C16H33N3O/c1-6-7-19(9-8-18(4)5)16(20)14-11-15(17)13(3)10-12(14)2/h12-15H,6-11,17H2,1-5H3. The van der Waals surface area contributed by atoms with Crippen molar-refractivity contribution in [3.05, 3.63) is 0 Å². The molecule has 1 aliphatic carbocycles. The molecular formula is C16H33N3O. The number of nitrogens with zero attached hydrogens (tertiary/aromatic N) is 2. The Morgan fingerprint density at radius 2 is 1.75 bits per heavy atom. The van der Waals surface area contributed by atoms with Gasteiger partial charge < -0.3 is 15.5 Å². The normalized spacial score (nSPS) is 30.6. The van der Waals surface area contributed by atoms with E-state index in [1.165, 1.54) is 0 Å². The fourth-order valence-electron chi connectivity index (χ4n) is 3.18. The molecule has 0 aromatic heterocycles. The molecule has 4 unspecified atom stereocenters. The summed E-state index contributed by atoms with van der Waals surface area (Å²) in [4.78, 5) is 17.0. The number of carbonyl (C=O) groups excluding carboxylic acids is 1. The van der Waals surface area contributed by atoms with Gasteiger partial charge in [0.2, 0.25) is 5.91 Å². The number of hydrogen-bond donors (Lipinski definition) is 1. The number of amides is 1. The first-order chi connectivity index (χ1) is 9.36. The second-order valence-corrected chi connectivity index (χ2v) is 6.82. The summed E-state index contributed by atoms with van der Waals surface area (Å²) in [5.41, 5.74) is 6.19. The molecule has 20 heavy (non-hydrogen) atoms. The lowest BCUT2D eigenvalue weighted by Gasteiger charge is -2.38. The Morgan fingerprint density at radius 3 is 2.30 bits per heavy atom. The molecule has 2 N–H and O–H groups in total. The van der Waals surface area contributed by atoms with E-state index in [4.69, 9.17) is 5.73 Å². The second kappa shape index (κ2) is 7.99. The van der Waals surface area contributed by atoms with E-state index in [2.05, 4.69) is 39.8 Å². The molecule has 0 saturated heterocycles. The zero-order chi connectivity index (χ0) is 15.3. The third-order valence-corrected chi connectivity index (χ3v) is 4.63. The van der Waals surface area contributed by atoms with Crippen LogP contribution in [0.3, 0.4) is 0 Å². The summed E-state index contributed by atoms with van der Waals surface area (Å²) in [5, 5.41) is 0. The molecule has 0 bridgehead atoms. The summed E-state index contributed by atoms with van der Waals surface area (Å²) in [6, 6.07) is 0.178. The molecule has 0 heterocycles. The average molecular weight is 283 g/mol. The van der Waals surface area contributed by atoms with Gasteiger partial charge in [-0.2, -0.15) is 0 Å². The molecule has 118 valence electrons. The van der Waals surface area contributed by atoms with Crippen molar-refractivity contribution >= 4 is 5.91 Å². The predicted molar refractivity (Wildman–Crippen MR) is 84.5 cm³/mol. The number of nitrogens with two attached hydrogens (primary N) is 1. The van der Waals surface area contributed by atoms with Crippen molar-refractivity contribution in [2.24, 2.45) is 23.5 Å². The van der Waals surface area contributed by atoms with Gasteiger partial charge >= 0.3 is 0 Å². The van der Waals surface area contributed by atoms with Gasteiger partial charge in [0, 0.05) is 31.6 Å². The van der Waals surface area contributed by atoms with Gasteiger partial charge in [0.05, 0.1) is 0 Å². The summed E-state index contributed by atoms with van der Waals surface area (Å²) in [5.74, 6) is 1.44. The SMILES string of the molecule is CCCN(CCN(C)C)C(=O)C1CC(N)C(C)CC1C. The lowest BCUT2D eigenvalue weighted by atomic mass is 9.72. The number of hydrogen-bond acceptors (Lipinski definition) is 3. The minimum atomic E-state index is 0.120. The van der Waals surface area contributed by atoms with E-state index < -0.39 is 0 Å². The largest absolute Gasteiger partial charge is 0.341 e. The van der Waals surface area contributed by atoms with Crippen molar-refractivity contribution in [2.45, 2.75) is 46.1 Å². The molecule has 0 aliphatic heterocycles. The van der Waals surface area contributed by atoms with Gasteiger partial charge in [0.1, 0.15) is 0 Å². The van der Waals surface area contributed by atoms with E-state index in [9.17, 15) is 4.79 Å². The van der Waals surface area contributed by atoms with Gasteiger partial charge in [-0.05, 0) is 45.2 Å². The Kier molecular flexibility index (Phi) is 6.96. The zero-order valence-corrected chi connectivity index (χ0v) is 13.9.